The van der Waals surface area contributed by atoms with Crippen LogP contribution in [0.15, 0.2) is 46.4 Å². The van der Waals surface area contributed by atoms with Crippen LogP contribution in [0.2, 0.25) is 5.02 Å². The molecule has 1 aromatic carbocycles. The Kier molecular flexibility index (Phi) is 12.4. The maximum Gasteiger partial charge on any atom is 0.278 e. The minimum atomic E-state index is -0.197. The first-order valence-electron chi connectivity index (χ1n) is 16.6. The van der Waals surface area contributed by atoms with Gasteiger partial charge in [-0.2, -0.15) is 9.61 Å². The number of allylic oxidation sites excluding steroid dienone is 4. The number of fused-ring (bicyclic) bond motifs is 2. The number of hydrogen-bond acceptors (Lipinski definition) is 6. The quantitative estimate of drug-likeness (QED) is 0.152. The first kappa shape index (κ1) is 34.9. The number of unbranched alkanes of at least 4 members (excludes halogenated alkanes) is 4. The second kappa shape index (κ2) is 16.0. The van der Waals surface area contributed by atoms with Gasteiger partial charge in [-0.3, -0.25) is 4.79 Å². The molecule has 7 nitrogen and oxygen atoms in total. The van der Waals surface area contributed by atoms with E-state index in [9.17, 15) is 4.79 Å². The Balaban J connectivity index is 1.86. The minimum absolute atomic E-state index is 0.106. The number of halogens is 1. The van der Waals surface area contributed by atoms with Crippen molar-refractivity contribution in [1.82, 2.24) is 14.6 Å². The van der Waals surface area contributed by atoms with Crippen molar-refractivity contribution in [1.29, 1.82) is 0 Å². The average Bonchev–Trinajstić information content (AvgIpc) is 3.46. The van der Waals surface area contributed by atoms with Gasteiger partial charge in [0.2, 0.25) is 0 Å². The first-order valence-corrected chi connectivity index (χ1v) is 17.0. The number of anilines is 1. The molecule has 0 atom stereocenters. The van der Waals surface area contributed by atoms with Crippen LogP contribution >= 0.6 is 11.6 Å². The van der Waals surface area contributed by atoms with Crippen molar-refractivity contribution in [3.8, 4) is 0 Å². The molecule has 0 saturated heterocycles. The summed E-state index contributed by atoms with van der Waals surface area (Å²) < 4.78 is 12.4. The van der Waals surface area contributed by atoms with Crippen molar-refractivity contribution in [2.24, 2.45) is 0 Å². The van der Waals surface area contributed by atoms with E-state index >= 15 is 0 Å². The van der Waals surface area contributed by atoms with Gasteiger partial charge < -0.3 is 14.4 Å². The molecule has 0 N–H and O–H groups in total. The minimum Gasteiger partial charge on any atom is -0.384 e. The summed E-state index contributed by atoms with van der Waals surface area (Å²) in [5.74, 6) is 0. The van der Waals surface area contributed by atoms with Gasteiger partial charge in [0, 0.05) is 59.8 Å². The summed E-state index contributed by atoms with van der Waals surface area (Å²) in [6.07, 6.45) is 15.4. The standard InChI is InChI=1S/C37H51ClN4O3/c1-8-11-13-14-21-41-33-18-17-27(38)24-30(33)37(4,5)34(41)19-16-26(10-3)23-29-31(20-22-44-6)40-42-35(29)39-32(25-45-7)28(36(42)43)15-12-9-2/h16-19,23-24H,8-15,20-22,25H2,1-7H3/b26-16+,29-23-,34-19+. The van der Waals surface area contributed by atoms with Gasteiger partial charge in [0.1, 0.15) is 0 Å². The van der Waals surface area contributed by atoms with E-state index in [1.807, 2.05) is 6.07 Å². The van der Waals surface area contributed by atoms with E-state index < -0.39 is 0 Å². The largest absolute Gasteiger partial charge is 0.384 e. The third kappa shape index (κ3) is 7.70. The van der Waals surface area contributed by atoms with Gasteiger partial charge in [-0.15, -0.1) is 0 Å². The molecule has 244 valence electrons. The number of methoxy groups -OCH3 is 2. The fourth-order valence-electron chi connectivity index (χ4n) is 6.28. The van der Waals surface area contributed by atoms with E-state index in [0.717, 1.165) is 53.7 Å². The van der Waals surface area contributed by atoms with Gasteiger partial charge in [-0.1, -0.05) is 78.0 Å². The predicted octanol–water partition coefficient (Wildman–Crippen LogP) is 7.52. The molecule has 1 aliphatic heterocycles. The zero-order chi connectivity index (χ0) is 32.6. The maximum absolute atomic E-state index is 13.7. The topological polar surface area (TPSA) is 69.0 Å². The Morgan fingerprint density at radius 2 is 1.78 bits per heavy atom. The predicted molar refractivity (Wildman–Crippen MR) is 186 cm³/mol. The van der Waals surface area contributed by atoms with Crippen LogP contribution in [-0.4, -0.2) is 42.0 Å². The molecule has 0 spiro atoms. The molecule has 0 amide bonds. The fourth-order valence-corrected chi connectivity index (χ4v) is 6.45. The highest BCUT2D eigenvalue weighted by atomic mass is 35.5. The SMILES string of the molecule is CCCCCCN1/C(=C/C=C(/C=c2/c(CCOC)nn3c(=O)c(CCCC)c(COC)nc23)CC)C(C)(C)c2cc(Cl)ccc21. The Morgan fingerprint density at radius 3 is 2.47 bits per heavy atom. The van der Waals surface area contributed by atoms with Crippen molar-refractivity contribution in [3.05, 3.63) is 84.7 Å². The number of nitrogens with zero attached hydrogens (tertiary/aromatic N) is 4. The Bertz CT molecular complexity index is 1640. The molecule has 2 aromatic heterocycles. The lowest BCUT2D eigenvalue weighted by Crippen LogP contribution is -2.27. The van der Waals surface area contributed by atoms with Gasteiger partial charge in [-0.25, -0.2) is 4.98 Å². The van der Waals surface area contributed by atoms with E-state index in [0.29, 0.717) is 43.0 Å². The second-order valence-electron chi connectivity index (χ2n) is 12.5. The molecular formula is C37H51ClN4O3. The molecule has 1 aliphatic rings. The molecule has 0 radical (unpaired) electrons. The van der Waals surface area contributed by atoms with Crippen molar-refractivity contribution in [3.63, 3.8) is 0 Å². The molecule has 0 aliphatic carbocycles. The van der Waals surface area contributed by atoms with Gasteiger partial charge in [0.05, 0.1) is 24.6 Å². The highest BCUT2D eigenvalue weighted by molar-refractivity contribution is 6.30. The molecule has 3 heterocycles. The van der Waals surface area contributed by atoms with Gasteiger partial charge in [-0.05, 0) is 67.2 Å². The van der Waals surface area contributed by atoms with Crippen LogP contribution in [0.3, 0.4) is 0 Å². The third-order valence-corrected chi connectivity index (χ3v) is 9.13. The Morgan fingerprint density at radius 1 is 1.00 bits per heavy atom. The fraction of sp³-hybridized carbons (Fsp3) is 0.541. The molecule has 3 aromatic rings. The lowest BCUT2D eigenvalue weighted by molar-refractivity contribution is 0.180. The molecular weight excluding hydrogens is 584 g/mol. The van der Waals surface area contributed by atoms with Crippen LogP contribution in [0.25, 0.3) is 11.7 Å². The van der Waals surface area contributed by atoms with Gasteiger partial charge in [0.15, 0.2) is 5.65 Å². The number of hydrogen-bond donors (Lipinski definition) is 0. The number of benzene rings is 1. The highest BCUT2D eigenvalue weighted by Crippen LogP contribution is 2.48. The summed E-state index contributed by atoms with van der Waals surface area (Å²) in [4.78, 5) is 21.2. The number of rotatable bonds is 16. The zero-order valence-corrected chi connectivity index (χ0v) is 29.1. The van der Waals surface area contributed by atoms with Crippen LogP contribution in [0.4, 0.5) is 5.69 Å². The van der Waals surface area contributed by atoms with Gasteiger partial charge >= 0.3 is 0 Å². The lowest BCUT2D eigenvalue weighted by Gasteiger charge is -2.27. The van der Waals surface area contributed by atoms with Crippen LogP contribution in [0, 0.1) is 0 Å². The summed E-state index contributed by atoms with van der Waals surface area (Å²) >= 11 is 6.49. The van der Waals surface area contributed by atoms with Crippen LogP contribution < -0.4 is 15.7 Å². The molecule has 0 bridgehead atoms. The molecule has 4 rings (SSSR count). The highest BCUT2D eigenvalue weighted by Gasteiger charge is 2.39. The van der Waals surface area contributed by atoms with E-state index in [1.54, 1.807) is 14.2 Å². The molecule has 0 saturated carbocycles. The normalized spacial score (nSPS) is 16.0. The van der Waals surface area contributed by atoms with Crippen LogP contribution in [-0.2, 0) is 34.3 Å². The third-order valence-electron chi connectivity index (χ3n) is 8.90. The van der Waals surface area contributed by atoms with E-state index in [-0.39, 0.29) is 11.0 Å². The monoisotopic (exact) mass is 634 g/mol. The van der Waals surface area contributed by atoms with Crippen LogP contribution in [0.1, 0.15) is 102 Å². The molecule has 0 fully saturated rings. The van der Waals surface area contributed by atoms with E-state index in [4.69, 9.17) is 31.2 Å². The molecule has 45 heavy (non-hydrogen) atoms. The summed E-state index contributed by atoms with van der Waals surface area (Å²) in [6, 6.07) is 6.28. The smallest absolute Gasteiger partial charge is 0.278 e. The Labute approximate surface area is 274 Å². The summed E-state index contributed by atoms with van der Waals surface area (Å²) in [7, 11) is 3.32. The second-order valence-corrected chi connectivity index (χ2v) is 12.9. The van der Waals surface area contributed by atoms with E-state index in [1.165, 1.54) is 40.7 Å². The van der Waals surface area contributed by atoms with Crippen molar-refractivity contribution in [2.45, 2.75) is 104 Å². The summed E-state index contributed by atoms with van der Waals surface area (Å²) in [5.41, 5.74) is 7.36. The average molecular weight is 635 g/mol. The first-order chi connectivity index (χ1) is 21.7. The summed E-state index contributed by atoms with van der Waals surface area (Å²) in [5, 5.41) is 6.42. The maximum atomic E-state index is 13.7. The van der Waals surface area contributed by atoms with Crippen LogP contribution in [0.5, 0.6) is 0 Å². The van der Waals surface area contributed by atoms with Crippen molar-refractivity contribution in [2.75, 3.05) is 32.3 Å². The molecule has 8 heteroatoms. The Hall–Kier alpha value is -3.00. The van der Waals surface area contributed by atoms with E-state index in [2.05, 4.69) is 69.9 Å². The van der Waals surface area contributed by atoms with Gasteiger partial charge in [0.25, 0.3) is 5.56 Å². The lowest BCUT2D eigenvalue weighted by atomic mass is 9.83. The van der Waals surface area contributed by atoms with Crippen molar-refractivity contribution >= 4 is 29.0 Å². The van der Waals surface area contributed by atoms with Crippen molar-refractivity contribution < 1.29 is 9.47 Å². The summed E-state index contributed by atoms with van der Waals surface area (Å²) in [6.45, 7) is 12.9. The molecule has 0 unspecified atom stereocenters. The number of aromatic nitrogens is 3. The number of ether oxygens (including phenoxy) is 2. The zero-order valence-electron chi connectivity index (χ0n) is 28.3.